The monoisotopic (exact) mass is 303 g/mol. The maximum absolute atomic E-state index is 12.8. The molecule has 114 valence electrons. The molecule has 0 radical (unpaired) electrons. The number of amides is 1. The lowest BCUT2D eigenvalue weighted by Crippen LogP contribution is -2.26. The van der Waals surface area contributed by atoms with Gasteiger partial charge in [0.25, 0.3) is 11.6 Å². The standard InChI is InChI=1S/C15H14FN3O3/c16-11-3-1-10(2-4-11)7-8-18-15(20)13-6-5-12(19(21)22)9-14(13)17/h1-6,9H,7-8,17H2,(H,18,20). The Hall–Kier alpha value is -2.96. The van der Waals surface area contributed by atoms with E-state index in [2.05, 4.69) is 5.32 Å². The number of nitro groups is 1. The molecule has 0 atom stereocenters. The fourth-order valence-electron chi connectivity index (χ4n) is 1.94. The number of nitrogens with two attached hydrogens (primary N) is 1. The van der Waals surface area contributed by atoms with Gasteiger partial charge >= 0.3 is 0 Å². The SMILES string of the molecule is Nc1cc([N+](=O)[O-])ccc1C(=O)NCCc1ccc(F)cc1. The summed E-state index contributed by atoms with van der Waals surface area (Å²) in [4.78, 5) is 22.0. The molecule has 0 spiro atoms. The highest BCUT2D eigenvalue weighted by molar-refractivity contribution is 5.99. The number of halogens is 1. The van der Waals surface area contributed by atoms with Gasteiger partial charge in [-0.1, -0.05) is 12.1 Å². The van der Waals surface area contributed by atoms with Crippen LogP contribution in [0.25, 0.3) is 0 Å². The zero-order valence-electron chi connectivity index (χ0n) is 11.6. The molecule has 2 rings (SSSR count). The van der Waals surface area contributed by atoms with E-state index in [1.165, 1.54) is 24.3 Å². The maximum Gasteiger partial charge on any atom is 0.271 e. The summed E-state index contributed by atoms with van der Waals surface area (Å²) in [6.07, 6.45) is 0.541. The second-order valence-electron chi connectivity index (χ2n) is 4.66. The van der Waals surface area contributed by atoms with Gasteiger partial charge in [0.2, 0.25) is 0 Å². The first-order valence-corrected chi connectivity index (χ1v) is 6.54. The van der Waals surface area contributed by atoms with Crippen LogP contribution >= 0.6 is 0 Å². The average Bonchev–Trinajstić information content (AvgIpc) is 2.49. The van der Waals surface area contributed by atoms with Crippen LogP contribution < -0.4 is 11.1 Å². The molecule has 0 aliphatic rings. The number of hydrogen-bond acceptors (Lipinski definition) is 4. The van der Waals surface area contributed by atoms with Gasteiger partial charge in [-0.15, -0.1) is 0 Å². The van der Waals surface area contributed by atoms with Gasteiger partial charge in [-0.25, -0.2) is 4.39 Å². The summed E-state index contributed by atoms with van der Waals surface area (Å²) in [5.74, 6) is -0.721. The van der Waals surface area contributed by atoms with Crippen LogP contribution in [0.1, 0.15) is 15.9 Å². The molecule has 0 aromatic heterocycles. The number of carbonyl (C=O) groups excluding carboxylic acids is 1. The van der Waals surface area contributed by atoms with Gasteiger partial charge in [0.15, 0.2) is 0 Å². The molecule has 2 aromatic carbocycles. The van der Waals surface area contributed by atoms with Crippen molar-refractivity contribution in [2.75, 3.05) is 12.3 Å². The molecule has 22 heavy (non-hydrogen) atoms. The predicted molar refractivity (Wildman–Crippen MR) is 79.9 cm³/mol. The van der Waals surface area contributed by atoms with Crippen LogP contribution in [0.5, 0.6) is 0 Å². The van der Waals surface area contributed by atoms with Crippen LogP contribution in [0.2, 0.25) is 0 Å². The third kappa shape index (κ3) is 3.78. The molecule has 3 N–H and O–H groups in total. The number of rotatable bonds is 5. The van der Waals surface area contributed by atoms with Crippen molar-refractivity contribution in [3.63, 3.8) is 0 Å². The van der Waals surface area contributed by atoms with Crippen molar-refractivity contribution in [3.05, 3.63) is 69.5 Å². The van der Waals surface area contributed by atoms with E-state index in [1.54, 1.807) is 12.1 Å². The number of nitrogens with one attached hydrogen (secondary N) is 1. The third-order valence-electron chi connectivity index (χ3n) is 3.10. The first-order chi connectivity index (χ1) is 10.5. The third-order valence-corrected chi connectivity index (χ3v) is 3.10. The van der Waals surface area contributed by atoms with Crippen LogP contribution in [-0.2, 0) is 6.42 Å². The molecule has 0 bridgehead atoms. The minimum atomic E-state index is -0.577. The Bertz CT molecular complexity index is 702. The van der Waals surface area contributed by atoms with Crippen LogP contribution in [0.4, 0.5) is 15.8 Å². The van der Waals surface area contributed by atoms with E-state index >= 15 is 0 Å². The minimum Gasteiger partial charge on any atom is -0.398 e. The van der Waals surface area contributed by atoms with Gasteiger partial charge in [-0.3, -0.25) is 14.9 Å². The summed E-state index contributed by atoms with van der Waals surface area (Å²) in [6.45, 7) is 0.348. The molecule has 0 aliphatic carbocycles. The normalized spacial score (nSPS) is 10.2. The molecule has 0 unspecified atom stereocenters. The number of nitrogen functional groups attached to an aromatic ring is 1. The smallest absolute Gasteiger partial charge is 0.271 e. The Morgan fingerprint density at radius 3 is 2.50 bits per heavy atom. The van der Waals surface area contributed by atoms with Gasteiger partial charge in [0.1, 0.15) is 5.82 Å². The summed E-state index contributed by atoms with van der Waals surface area (Å²) in [7, 11) is 0. The van der Waals surface area contributed by atoms with Crippen LogP contribution in [0.3, 0.4) is 0 Å². The van der Waals surface area contributed by atoms with Gasteiger partial charge < -0.3 is 11.1 Å². The van der Waals surface area contributed by atoms with Crippen molar-refractivity contribution in [2.45, 2.75) is 6.42 Å². The predicted octanol–water partition coefficient (Wildman–Crippen LogP) is 2.29. The molecular weight excluding hydrogens is 289 g/mol. The summed E-state index contributed by atoms with van der Waals surface area (Å²) in [6, 6.07) is 9.68. The second kappa shape index (κ2) is 6.66. The minimum absolute atomic E-state index is 0.0495. The van der Waals surface area contributed by atoms with Crippen molar-refractivity contribution in [2.24, 2.45) is 0 Å². The van der Waals surface area contributed by atoms with Crippen molar-refractivity contribution in [1.29, 1.82) is 0 Å². The second-order valence-corrected chi connectivity index (χ2v) is 4.66. The zero-order valence-corrected chi connectivity index (χ0v) is 11.6. The van der Waals surface area contributed by atoms with Crippen molar-refractivity contribution >= 4 is 17.3 Å². The lowest BCUT2D eigenvalue weighted by Gasteiger charge is -2.07. The van der Waals surface area contributed by atoms with E-state index < -0.39 is 10.8 Å². The molecule has 0 aliphatic heterocycles. The van der Waals surface area contributed by atoms with Gasteiger partial charge in [-0.05, 0) is 30.2 Å². The fourth-order valence-corrected chi connectivity index (χ4v) is 1.94. The molecule has 6 nitrogen and oxygen atoms in total. The number of benzene rings is 2. The van der Waals surface area contributed by atoms with E-state index in [4.69, 9.17) is 5.73 Å². The number of carbonyl (C=O) groups is 1. The van der Waals surface area contributed by atoms with E-state index in [0.29, 0.717) is 13.0 Å². The lowest BCUT2D eigenvalue weighted by atomic mass is 10.1. The van der Waals surface area contributed by atoms with Crippen LogP contribution in [-0.4, -0.2) is 17.4 Å². The Morgan fingerprint density at radius 1 is 1.23 bits per heavy atom. The number of anilines is 1. The van der Waals surface area contributed by atoms with Crippen LogP contribution in [0, 0.1) is 15.9 Å². The zero-order chi connectivity index (χ0) is 16.1. The molecule has 2 aromatic rings. The van der Waals surface area contributed by atoms with Crippen LogP contribution in [0.15, 0.2) is 42.5 Å². The van der Waals surface area contributed by atoms with Gasteiger partial charge in [0.05, 0.1) is 16.2 Å². The molecule has 0 heterocycles. The Morgan fingerprint density at radius 2 is 1.91 bits per heavy atom. The molecule has 0 saturated heterocycles. The van der Waals surface area contributed by atoms with E-state index in [0.717, 1.165) is 11.6 Å². The number of nitro benzene ring substituents is 1. The van der Waals surface area contributed by atoms with Gasteiger partial charge in [-0.2, -0.15) is 0 Å². The van der Waals surface area contributed by atoms with Gasteiger partial charge in [0, 0.05) is 18.7 Å². The number of nitrogens with zero attached hydrogens (tertiary/aromatic N) is 1. The first kappa shape index (κ1) is 15.4. The fraction of sp³-hybridized carbons (Fsp3) is 0.133. The van der Waals surface area contributed by atoms with E-state index in [1.807, 2.05) is 0 Å². The van der Waals surface area contributed by atoms with E-state index in [9.17, 15) is 19.3 Å². The maximum atomic E-state index is 12.8. The highest BCUT2D eigenvalue weighted by Crippen LogP contribution is 2.19. The number of non-ortho nitro benzene ring substituents is 1. The average molecular weight is 303 g/mol. The Balaban J connectivity index is 1.95. The number of hydrogen-bond donors (Lipinski definition) is 2. The summed E-state index contributed by atoms with van der Waals surface area (Å²) >= 11 is 0. The van der Waals surface area contributed by atoms with Crippen molar-refractivity contribution in [1.82, 2.24) is 5.32 Å². The Labute approximate surface area is 125 Å². The molecular formula is C15H14FN3O3. The highest BCUT2D eigenvalue weighted by Gasteiger charge is 2.13. The molecule has 1 amide bonds. The lowest BCUT2D eigenvalue weighted by molar-refractivity contribution is -0.384. The largest absolute Gasteiger partial charge is 0.398 e. The summed E-state index contributed by atoms with van der Waals surface area (Å²) in [5, 5.41) is 13.3. The molecule has 0 fully saturated rings. The molecule has 7 heteroatoms. The Kier molecular flexibility index (Phi) is 4.67. The first-order valence-electron chi connectivity index (χ1n) is 6.54. The van der Waals surface area contributed by atoms with Crippen molar-refractivity contribution in [3.8, 4) is 0 Å². The summed E-state index contributed by atoms with van der Waals surface area (Å²) < 4.78 is 12.8. The van der Waals surface area contributed by atoms with E-state index in [-0.39, 0.29) is 22.8 Å². The summed E-state index contributed by atoms with van der Waals surface area (Å²) in [5.41, 5.74) is 6.61. The highest BCUT2D eigenvalue weighted by atomic mass is 19.1. The topological polar surface area (TPSA) is 98.3 Å². The quantitative estimate of drug-likeness (QED) is 0.503. The van der Waals surface area contributed by atoms with Crippen molar-refractivity contribution < 1.29 is 14.1 Å². The molecule has 0 saturated carbocycles.